The SMILES string of the molecule is CC1(c2ccccc2)CC(c2ccccc2)=Nc2cc(C(=O)c3ccccc3)ccc2N1. The molecule has 4 aromatic carbocycles. The quantitative estimate of drug-likeness (QED) is 0.373. The minimum atomic E-state index is -0.341. The van der Waals surface area contributed by atoms with Crippen LogP contribution in [0.1, 0.15) is 40.4 Å². The summed E-state index contributed by atoms with van der Waals surface area (Å²) in [6.07, 6.45) is 0.720. The third-order valence-electron chi connectivity index (χ3n) is 6.00. The lowest BCUT2D eigenvalue weighted by molar-refractivity contribution is 0.103. The monoisotopic (exact) mass is 416 g/mol. The molecule has 3 heteroatoms. The zero-order valence-corrected chi connectivity index (χ0v) is 18.0. The van der Waals surface area contributed by atoms with E-state index in [1.165, 1.54) is 5.56 Å². The minimum absolute atomic E-state index is 0.0000656. The Morgan fingerprint density at radius 3 is 2.09 bits per heavy atom. The number of benzene rings is 4. The highest BCUT2D eigenvalue weighted by Crippen LogP contribution is 2.39. The maximum atomic E-state index is 13.0. The number of carbonyl (C=O) groups is 1. The van der Waals surface area contributed by atoms with Crippen LogP contribution < -0.4 is 5.32 Å². The van der Waals surface area contributed by atoms with Gasteiger partial charge in [-0.15, -0.1) is 0 Å². The van der Waals surface area contributed by atoms with Crippen molar-refractivity contribution in [2.75, 3.05) is 5.32 Å². The van der Waals surface area contributed by atoms with Crippen LogP contribution in [0.25, 0.3) is 0 Å². The first-order chi connectivity index (χ1) is 15.6. The van der Waals surface area contributed by atoms with Crippen LogP contribution in [0.4, 0.5) is 11.4 Å². The van der Waals surface area contributed by atoms with Crippen LogP contribution in [0.2, 0.25) is 0 Å². The fourth-order valence-corrected chi connectivity index (χ4v) is 4.27. The van der Waals surface area contributed by atoms with E-state index in [1.807, 2.05) is 72.8 Å². The minimum Gasteiger partial charge on any atom is -0.374 e. The maximum Gasteiger partial charge on any atom is 0.193 e. The summed E-state index contributed by atoms with van der Waals surface area (Å²) in [7, 11) is 0. The predicted molar refractivity (Wildman–Crippen MR) is 131 cm³/mol. The summed E-state index contributed by atoms with van der Waals surface area (Å²) < 4.78 is 0. The van der Waals surface area contributed by atoms with Gasteiger partial charge in [-0.3, -0.25) is 9.79 Å². The van der Waals surface area contributed by atoms with Gasteiger partial charge in [0.05, 0.1) is 22.6 Å². The Morgan fingerprint density at radius 2 is 1.41 bits per heavy atom. The largest absolute Gasteiger partial charge is 0.374 e. The summed E-state index contributed by atoms with van der Waals surface area (Å²) >= 11 is 0. The Labute approximate surface area is 188 Å². The van der Waals surface area contributed by atoms with E-state index in [1.54, 1.807) is 0 Å². The van der Waals surface area contributed by atoms with Crippen molar-refractivity contribution in [2.24, 2.45) is 4.99 Å². The number of rotatable bonds is 4. The number of hydrogen-bond acceptors (Lipinski definition) is 3. The Morgan fingerprint density at radius 1 is 0.781 bits per heavy atom. The van der Waals surface area contributed by atoms with Gasteiger partial charge in [-0.05, 0) is 36.2 Å². The molecule has 3 nitrogen and oxygen atoms in total. The summed E-state index contributed by atoms with van der Waals surface area (Å²) in [6.45, 7) is 2.21. The Balaban J connectivity index is 1.63. The normalized spacial score (nSPS) is 17.5. The van der Waals surface area contributed by atoms with Crippen LogP contribution in [0.15, 0.2) is 114 Å². The summed E-state index contributed by atoms with van der Waals surface area (Å²) in [5, 5.41) is 3.73. The van der Waals surface area contributed by atoms with Crippen molar-refractivity contribution in [3.63, 3.8) is 0 Å². The number of fused-ring (bicyclic) bond motifs is 1. The average Bonchev–Trinajstić information content (AvgIpc) is 3.01. The highest BCUT2D eigenvalue weighted by Gasteiger charge is 2.32. The van der Waals surface area contributed by atoms with Gasteiger partial charge in [0.25, 0.3) is 0 Å². The van der Waals surface area contributed by atoms with Gasteiger partial charge in [0.1, 0.15) is 0 Å². The van der Waals surface area contributed by atoms with Crippen LogP contribution in [0, 0.1) is 0 Å². The fourth-order valence-electron chi connectivity index (χ4n) is 4.27. The zero-order chi connectivity index (χ0) is 22.0. The van der Waals surface area contributed by atoms with Gasteiger partial charge < -0.3 is 5.32 Å². The third-order valence-corrected chi connectivity index (χ3v) is 6.00. The Bertz CT molecular complexity index is 1280. The maximum absolute atomic E-state index is 13.0. The molecule has 1 aliphatic heterocycles. The number of hydrogen-bond donors (Lipinski definition) is 1. The summed E-state index contributed by atoms with van der Waals surface area (Å²) in [5.41, 5.74) is 5.95. The lowest BCUT2D eigenvalue weighted by Gasteiger charge is -2.32. The molecule has 0 aromatic heterocycles. The van der Waals surface area contributed by atoms with E-state index in [4.69, 9.17) is 4.99 Å². The zero-order valence-electron chi connectivity index (χ0n) is 18.0. The van der Waals surface area contributed by atoms with Crippen LogP contribution in [-0.4, -0.2) is 11.5 Å². The standard InChI is InChI=1S/C29H24N2O/c1-29(24-15-9-4-10-16-24)20-27(21-11-5-2-6-12-21)30-26-19-23(17-18-25(26)31-29)28(32)22-13-7-3-8-14-22/h2-19,31H,20H2,1H3. The number of nitrogens with one attached hydrogen (secondary N) is 1. The molecule has 0 radical (unpaired) electrons. The highest BCUT2D eigenvalue weighted by molar-refractivity contribution is 6.10. The topological polar surface area (TPSA) is 41.5 Å². The van der Waals surface area contributed by atoms with Gasteiger partial charge in [0.15, 0.2) is 5.78 Å². The molecule has 0 aliphatic carbocycles. The van der Waals surface area contributed by atoms with Crippen molar-refractivity contribution in [3.8, 4) is 0 Å². The Kier molecular flexibility index (Phi) is 5.16. The predicted octanol–water partition coefficient (Wildman–Crippen LogP) is 6.77. The first-order valence-corrected chi connectivity index (χ1v) is 10.8. The molecule has 1 aliphatic rings. The number of aliphatic imine (C=N–C) groups is 1. The second kappa shape index (κ2) is 8.27. The molecule has 1 unspecified atom stereocenters. The van der Waals surface area contributed by atoms with E-state index < -0.39 is 0 Å². The third kappa shape index (κ3) is 3.85. The molecule has 1 atom stereocenters. The molecular formula is C29H24N2O. The summed E-state index contributed by atoms with van der Waals surface area (Å²) in [5.74, 6) is -0.0000656. The second-order valence-electron chi connectivity index (χ2n) is 8.35. The average molecular weight is 417 g/mol. The number of ketones is 1. The molecule has 0 saturated carbocycles. The van der Waals surface area contributed by atoms with E-state index >= 15 is 0 Å². The van der Waals surface area contributed by atoms with Gasteiger partial charge in [-0.2, -0.15) is 0 Å². The van der Waals surface area contributed by atoms with Crippen molar-refractivity contribution in [1.82, 2.24) is 0 Å². The lowest BCUT2D eigenvalue weighted by Crippen LogP contribution is -2.33. The van der Waals surface area contributed by atoms with E-state index in [0.717, 1.165) is 29.1 Å². The van der Waals surface area contributed by atoms with Gasteiger partial charge in [-0.25, -0.2) is 0 Å². The van der Waals surface area contributed by atoms with E-state index in [-0.39, 0.29) is 11.3 Å². The van der Waals surface area contributed by atoms with Crippen LogP contribution >= 0.6 is 0 Å². The summed E-state index contributed by atoms with van der Waals surface area (Å²) in [6, 6.07) is 35.9. The molecule has 0 fully saturated rings. The molecule has 1 heterocycles. The van der Waals surface area contributed by atoms with Crippen LogP contribution in [0.5, 0.6) is 0 Å². The molecule has 0 bridgehead atoms. The van der Waals surface area contributed by atoms with E-state index in [0.29, 0.717) is 11.1 Å². The summed E-state index contributed by atoms with van der Waals surface area (Å²) in [4.78, 5) is 18.1. The molecule has 5 rings (SSSR count). The highest BCUT2D eigenvalue weighted by atomic mass is 16.1. The molecule has 1 N–H and O–H groups in total. The van der Waals surface area contributed by atoms with Crippen molar-refractivity contribution in [2.45, 2.75) is 18.9 Å². The van der Waals surface area contributed by atoms with Gasteiger partial charge in [0.2, 0.25) is 0 Å². The fraction of sp³-hybridized carbons (Fsp3) is 0.103. The van der Waals surface area contributed by atoms with Gasteiger partial charge in [0, 0.05) is 17.5 Å². The molecule has 32 heavy (non-hydrogen) atoms. The van der Waals surface area contributed by atoms with Gasteiger partial charge in [-0.1, -0.05) is 91.0 Å². The smallest absolute Gasteiger partial charge is 0.193 e. The molecule has 0 amide bonds. The number of anilines is 1. The first-order valence-electron chi connectivity index (χ1n) is 10.8. The van der Waals surface area contributed by atoms with Crippen molar-refractivity contribution in [1.29, 1.82) is 0 Å². The molecule has 4 aromatic rings. The lowest BCUT2D eigenvalue weighted by atomic mass is 9.85. The number of nitrogens with zero attached hydrogens (tertiary/aromatic N) is 1. The first kappa shape index (κ1) is 20.0. The molecule has 0 saturated heterocycles. The van der Waals surface area contributed by atoms with E-state index in [2.05, 4.69) is 48.6 Å². The number of carbonyl (C=O) groups excluding carboxylic acids is 1. The molecule has 0 spiro atoms. The van der Waals surface area contributed by atoms with Crippen molar-refractivity contribution < 1.29 is 4.79 Å². The molecule has 156 valence electrons. The van der Waals surface area contributed by atoms with Gasteiger partial charge >= 0.3 is 0 Å². The Hall–Kier alpha value is -3.98. The van der Waals surface area contributed by atoms with Crippen LogP contribution in [0.3, 0.4) is 0 Å². The van der Waals surface area contributed by atoms with E-state index in [9.17, 15) is 4.79 Å². The van der Waals surface area contributed by atoms with Crippen molar-refractivity contribution >= 4 is 22.9 Å². The second-order valence-corrected chi connectivity index (χ2v) is 8.35. The molecular weight excluding hydrogens is 392 g/mol. The van der Waals surface area contributed by atoms with Crippen LogP contribution in [-0.2, 0) is 5.54 Å². The van der Waals surface area contributed by atoms with Crippen molar-refractivity contribution in [3.05, 3.63) is 131 Å².